The van der Waals surface area contributed by atoms with E-state index < -0.39 is 0 Å². The Morgan fingerprint density at radius 3 is 2.75 bits per heavy atom. The molecule has 4 aliphatic rings. The lowest BCUT2D eigenvalue weighted by atomic mass is 9.51. The zero-order valence-electron chi connectivity index (χ0n) is 21.3. The van der Waals surface area contributed by atoms with Crippen molar-refractivity contribution >= 4 is 17.8 Å². The van der Waals surface area contributed by atoms with Gasteiger partial charge in [0, 0.05) is 30.1 Å². The van der Waals surface area contributed by atoms with E-state index in [1.807, 2.05) is 54.4 Å². The molecule has 1 saturated carbocycles. The van der Waals surface area contributed by atoms with Crippen LogP contribution in [-0.2, 0) is 21.4 Å². The molecule has 0 unspecified atom stereocenters. The predicted octanol–water partition coefficient (Wildman–Crippen LogP) is 3.86. The molecule has 2 aliphatic carbocycles. The van der Waals surface area contributed by atoms with Crippen molar-refractivity contribution in [3.8, 4) is 11.5 Å². The second kappa shape index (κ2) is 8.77. The van der Waals surface area contributed by atoms with E-state index in [4.69, 9.17) is 9.47 Å². The Labute approximate surface area is 212 Å². The van der Waals surface area contributed by atoms with Gasteiger partial charge < -0.3 is 14.4 Å². The van der Waals surface area contributed by atoms with E-state index in [0.29, 0.717) is 18.5 Å². The molecule has 6 heteroatoms. The third-order valence-electron chi connectivity index (χ3n) is 9.09. The number of nitrogens with zero attached hydrogens (tertiary/aromatic N) is 2. The first-order valence-corrected chi connectivity index (χ1v) is 13.0. The molecule has 2 fully saturated rings. The number of carbonyl (C=O) groups is 2. The number of likely N-dealkylation sites (tertiary alicyclic amines) is 1. The summed E-state index contributed by atoms with van der Waals surface area (Å²) in [6.45, 7) is 3.06. The van der Waals surface area contributed by atoms with Crippen molar-refractivity contribution in [2.24, 2.45) is 5.92 Å². The SMILES string of the molecule is COc1ccc2c3c1O[C@H]1[C@@H](N(C)C(=O)C=Cc4ccccc4)CC[C@H]4[C@@H](C2)N(CC(C)=O)CC[C@@]341. The molecule has 0 radical (unpaired) electrons. The molecule has 6 rings (SSSR count). The Kier molecular flexibility index (Phi) is 5.67. The van der Waals surface area contributed by atoms with Crippen LogP contribution in [0.15, 0.2) is 48.5 Å². The van der Waals surface area contributed by atoms with Crippen LogP contribution in [0.3, 0.4) is 0 Å². The van der Waals surface area contributed by atoms with Gasteiger partial charge in [0.2, 0.25) is 5.91 Å². The molecular formula is C30H34N2O4. The Morgan fingerprint density at radius 1 is 1.19 bits per heavy atom. The Bertz CT molecular complexity index is 1220. The molecule has 2 aliphatic heterocycles. The summed E-state index contributed by atoms with van der Waals surface area (Å²) in [6, 6.07) is 14.4. The number of piperidine rings is 1. The molecule has 2 bridgehead atoms. The number of methoxy groups -OCH3 is 1. The lowest BCUT2D eigenvalue weighted by Crippen LogP contribution is -2.69. The lowest BCUT2D eigenvalue weighted by Gasteiger charge is -2.60. The first-order chi connectivity index (χ1) is 17.4. The number of hydrogen-bond donors (Lipinski definition) is 0. The highest BCUT2D eigenvalue weighted by Gasteiger charge is 2.66. The van der Waals surface area contributed by atoms with Gasteiger partial charge in [-0.15, -0.1) is 0 Å². The Hall–Kier alpha value is -3.12. The molecule has 1 amide bonds. The van der Waals surface area contributed by atoms with Gasteiger partial charge >= 0.3 is 0 Å². The third-order valence-corrected chi connectivity index (χ3v) is 9.09. The normalized spacial score (nSPS) is 30.0. The van der Waals surface area contributed by atoms with E-state index >= 15 is 0 Å². The van der Waals surface area contributed by atoms with Crippen LogP contribution >= 0.6 is 0 Å². The fourth-order valence-corrected chi connectivity index (χ4v) is 7.64. The summed E-state index contributed by atoms with van der Waals surface area (Å²) in [7, 11) is 3.61. The second-order valence-electron chi connectivity index (χ2n) is 10.8. The quantitative estimate of drug-likeness (QED) is 0.581. The van der Waals surface area contributed by atoms with Crippen molar-refractivity contribution in [1.29, 1.82) is 0 Å². The largest absolute Gasteiger partial charge is 0.493 e. The van der Waals surface area contributed by atoms with Crippen LogP contribution in [0, 0.1) is 5.92 Å². The summed E-state index contributed by atoms with van der Waals surface area (Å²) in [5.41, 5.74) is 3.46. The maximum absolute atomic E-state index is 13.3. The fourth-order valence-electron chi connectivity index (χ4n) is 7.64. The first-order valence-electron chi connectivity index (χ1n) is 13.0. The molecular weight excluding hydrogens is 452 g/mol. The Balaban J connectivity index is 1.37. The number of likely N-dealkylation sites (N-methyl/N-ethyl adjacent to an activating group) is 1. The van der Waals surface area contributed by atoms with Crippen LogP contribution in [0.4, 0.5) is 0 Å². The van der Waals surface area contributed by atoms with Crippen LogP contribution in [0.1, 0.15) is 42.9 Å². The molecule has 0 N–H and O–H groups in total. The van der Waals surface area contributed by atoms with Gasteiger partial charge in [-0.25, -0.2) is 0 Å². The van der Waals surface area contributed by atoms with Crippen LogP contribution in [0.5, 0.6) is 11.5 Å². The van der Waals surface area contributed by atoms with Gasteiger partial charge in [0.05, 0.1) is 19.7 Å². The van der Waals surface area contributed by atoms with Crippen molar-refractivity contribution in [2.45, 2.75) is 56.2 Å². The van der Waals surface area contributed by atoms with Gasteiger partial charge in [0.25, 0.3) is 0 Å². The van der Waals surface area contributed by atoms with E-state index in [2.05, 4.69) is 11.0 Å². The lowest BCUT2D eigenvalue weighted by molar-refractivity contribution is -0.136. The molecule has 2 aromatic rings. The molecule has 5 atom stereocenters. The monoisotopic (exact) mass is 486 g/mol. The Morgan fingerprint density at radius 2 is 2.00 bits per heavy atom. The maximum atomic E-state index is 13.3. The number of rotatable bonds is 6. The standard InChI is InChI=1S/C30H34N2O4/c1-19(33)18-32-16-15-30-22-11-12-23(31(2)26(34)14-9-20-7-5-4-6-8-20)29(30)36-28-25(35-3)13-10-21(27(28)30)17-24(22)32/h4-10,13-14,22-24,29H,11-12,15-18H2,1-3H3/t22-,23-,24+,29-,30-/m0/s1. The van der Waals surface area contributed by atoms with Crippen molar-refractivity contribution in [1.82, 2.24) is 9.80 Å². The second-order valence-corrected chi connectivity index (χ2v) is 10.8. The highest BCUT2D eigenvalue weighted by molar-refractivity contribution is 5.92. The molecule has 188 valence electrons. The van der Waals surface area contributed by atoms with Gasteiger partial charge in [-0.05, 0) is 68.3 Å². The van der Waals surface area contributed by atoms with E-state index in [-0.39, 0.29) is 29.3 Å². The van der Waals surface area contributed by atoms with Gasteiger partial charge in [0.1, 0.15) is 11.9 Å². The van der Waals surface area contributed by atoms with Crippen molar-refractivity contribution < 1.29 is 19.1 Å². The molecule has 1 spiro atoms. The number of ether oxygens (including phenoxy) is 2. The average molecular weight is 487 g/mol. The zero-order chi connectivity index (χ0) is 25.0. The first kappa shape index (κ1) is 23.3. The minimum atomic E-state index is -0.157. The number of Topliss-reactive ketones (excluding diaryl/α,β-unsaturated/α-hetero) is 1. The van der Waals surface area contributed by atoms with Crippen molar-refractivity contribution in [3.63, 3.8) is 0 Å². The number of amides is 1. The smallest absolute Gasteiger partial charge is 0.246 e. The third kappa shape index (κ3) is 3.41. The minimum Gasteiger partial charge on any atom is -0.493 e. The predicted molar refractivity (Wildman–Crippen MR) is 138 cm³/mol. The van der Waals surface area contributed by atoms with Crippen LogP contribution in [0.2, 0.25) is 0 Å². The number of hydrogen-bond acceptors (Lipinski definition) is 5. The van der Waals surface area contributed by atoms with Gasteiger partial charge in [-0.2, -0.15) is 0 Å². The number of benzene rings is 2. The van der Waals surface area contributed by atoms with Crippen molar-refractivity contribution in [3.05, 3.63) is 65.2 Å². The maximum Gasteiger partial charge on any atom is 0.246 e. The topological polar surface area (TPSA) is 59.1 Å². The summed E-state index contributed by atoms with van der Waals surface area (Å²) >= 11 is 0. The van der Waals surface area contributed by atoms with Gasteiger partial charge in [0.15, 0.2) is 11.5 Å². The van der Waals surface area contributed by atoms with Gasteiger partial charge in [-0.1, -0.05) is 36.4 Å². The molecule has 2 aromatic carbocycles. The number of carbonyl (C=O) groups excluding carboxylic acids is 2. The summed E-state index contributed by atoms with van der Waals surface area (Å²) < 4.78 is 12.6. The molecule has 1 saturated heterocycles. The molecule has 2 heterocycles. The van der Waals surface area contributed by atoms with Crippen molar-refractivity contribution in [2.75, 3.05) is 27.2 Å². The molecule has 6 nitrogen and oxygen atoms in total. The summed E-state index contributed by atoms with van der Waals surface area (Å²) in [5, 5.41) is 0. The molecule has 0 aromatic heterocycles. The fraction of sp³-hybridized carbons (Fsp3) is 0.467. The van der Waals surface area contributed by atoms with Crippen LogP contribution < -0.4 is 9.47 Å². The van der Waals surface area contributed by atoms with Crippen LogP contribution in [-0.4, -0.2) is 66.9 Å². The van der Waals surface area contributed by atoms with E-state index in [9.17, 15) is 9.59 Å². The average Bonchev–Trinajstić information content (AvgIpc) is 3.23. The van der Waals surface area contributed by atoms with Gasteiger partial charge in [-0.3, -0.25) is 14.5 Å². The number of ketones is 1. The summed E-state index contributed by atoms with van der Waals surface area (Å²) in [4.78, 5) is 29.7. The molecule has 36 heavy (non-hydrogen) atoms. The highest BCUT2D eigenvalue weighted by Crippen LogP contribution is 2.64. The van der Waals surface area contributed by atoms with E-state index in [1.165, 1.54) is 11.1 Å². The summed E-state index contributed by atoms with van der Waals surface area (Å²) in [6.07, 6.45) is 7.19. The highest BCUT2D eigenvalue weighted by atomic mass is 16.5. The summed E-state index contributed by atoms with van der Waals surface area (Å²) in [5.74, 6) is 2.26. The zero-order valence-corrected chi connectivity index (χ0v) is 21.3. The van der Waals surface area contributed by atoms with E-state index in [0.717, 1.165) is 49.3 Å². The minimum absolute atomic E-state index is 0.00757. The van der Waals surface area contributed by atoms with E-state index in [1.54, 1.807) is 20.1 Å². The van der Waals surface area contributed by atoms with Crippen LogP contribution in [0.25, 0.3) is 6.08 Å².